The summed E-state index contributed by atoms with van der Waals surface area (Å²) in [5.41, 5.74) is 1.77. The normalized spacial score (nSPS) is 22.8. The van der Waals surface area contributed by atoms with Crippen molar-refractivity contribution in [3.8, 4) is 0 Å². The summed E-state index contributed by atoms with van der Waals surface area (Å²) in [6.07, 6.45) is 9.68. The third kappa shape index (κ3) is 4.54. The first-order valence-electron chi connectivity index (χ1n) is 6.84. The molecule has 1 heteroatoms. The molecule has 0 amide bonds. The Kier molecular flexibility index (Phi) is 5.37. The second-order valence-electron chi connectivity index (χ2n) is 6.74. The van der Waals surface area contributed by atoms with Crippen molar-refractivity contribution >= 4 is 12.6 Å². The van der Waals surface area contributed by atoms with Crippen LogP contribution in [-0.4, -0.2) is 5.75 Å². The van der Waals surface area contributed by atoms with Gasteiger partial charge in [-0.25, -0.2) is 0 Å². The summed E-state index contributed by atoms with van der Waals surface area (Å²) >= 11 is 4.53. The minimum atomic E-state index is 0.288. The lowest BCUT2D eigenvalue weighted by Gasteiger charge is -2.29. The molecule has 1 aliphatic carbocycles. The minimum Gasteiger partial charge on any atom is -0.179 e. The standard InChI is InChI=1S/C16H28S/c1-12(2)10-14(11-17)13-6-8-15(9-7-13)16(3,4)5/h6,8-9,12-14,17H,7,10-11H2,1-5H3. The molecule has 0 spiro atoms. The van der Waals surface area contributed by atoms with E-state index in [0.717, 1.165) is 17.6 Å². The van der Waals surface area contributed by atoms with Crippen LogP contribution in [0.25, 0.3) is 0 Å². The van der Waals surface area contributed by atoms with E-state index >= 15 is 0 Å². The summed E-state index contributed by atoms with van der Waals surface area (Å²) < 4.78 is 0. The Morgan fingerprint density at radius 3 is 2.35 bits per heavy atom. The monoisotopic (exact) mass is 252 g/mol. The zero-order valence-corrected chi connectivity index (χ0v) is 12.9. The van der Waals surface area contributed by atoms with Crippen molar-refractivity contribution in [1.82, 2.24) is 0 Å². The Morgan fingerprint density at radius 1 is 1.35 bits per heavy atom. The van der Waals surface area contributed by atoms with Crippen LogP contribution in [0.5, 0.6) is 0 Å². The predicted molar refractivity (Wildman–Crippen MR) is 81.6 cm³/mol. The van der Waals surface area contributed by atoms with Crippen molar-refractivity contribution in [2.24, 2.45) is 23.2 Å². The van der Waals surface area contributed by atoms with Crippen LogP contribution in [0.1, 0.15) is 47.5 Å². The Labute approximate surface area is 113 Å². The Morgan fingerprint density at radius 2 is 2.00 bits per heavy atom. The molecule has 0 radical (unpaired) electrons. The maximum atomic E-state index is 4.53. The van der Waals surface area contributed by atoms with E-state index in [1.165, 1.54) is 18.4 Å². The average Bonchev–Trinajstić information content (AvgIpc) is 2.24. The lowest BCUT2D eigenvalue weighted by Crippen LogP contribution is -2.20. The molecule has 0 aromatic carbocycles. The van der Waals surface area contributed by atoms with Gasteiger partial charge in [0, 0.05) is 0 Å². The maximum Gasteiger partial charge on any atom is -0.00637 e. The summed E-state index contributed by atoms with van der Waals surface area (Å²) in [6, 6.07) is 0. The van der Waals surface area contributed by atoms with Crippen molar-refractivity contribution in [3.05, 3.63) is 23.8 Å². The molecule has 0 aromatic heterocycles. The Hall–Kier alpha value is -0.170. The number of hydrogen-bond acceptors (Lipinski definition) is 1. The molecule has 17 heavy (non-hydrogen) atoms. The fourth-order valence-electron chi connectivity index (χ4n) is 2.53. The lowest BCUT2D eigenvalue weighted by molar-refractivity contribution is 0.355. The molecule has 1 rings (SSSR count). The highest BCUT2D eigenvalue weighted by Gasteiger charge is 2.23. The van der Waals surface area contributed by atoms with E-state index in [1.807, 2.05) is 0 Å². The molecule has 1 aliphatic rings. The summed E-state index contributed by atoms with van der Waals surface area (Å²) in [5, 5.41) is 0. The molecule has 0 aromatic rings. The first kappa shape index (κ1) is 14.9. The molecule has 0 N–H and O–H groups in total. The number of allylic oxidation sites excluding steroid dienone is 4. The summed E-state index contributed by atoms with van der Waals surface area (Å²) in [6.45, 7) is 11.5. The number of thiol groups is 1. The first-order valence-corrected chi connectivity index (χ1v) is 7.47. The van der Waals surface area contributed by atoms with Crippen LogP contribution in [-0.2, 0) is 0 Å². The van der Waals surface area contributed by atoms with Gasteiger partial charge in [0.05, 0.1) is 0 Å². The summed E-state index contributed by atoms with van der Waals surface area (Å²) in [7, 11) is 0. The van der Waals surface area contributed by atoms with Gasteiger partial charge in [-0.2, -0.15) is 12.6 Å². The third-order valence-corrected chi connectivity index (χ3v) is 4.08. The van der Waals surface area contributed by atoms with Crippen LogP contribution < -0.4 is 0 Å². The van der Waals surface area contributed by atoms with Gasteiger partial charge < -0.3 is 0 Å². The van der Waals surface area contributed by atoms with Crippen molar-refractivity contribution in [3.63, 3.8) is 0 Å². The highest BCUT2D eigenvalue weighted by Crippen LogP contribution is 2.34. The predicted octanol–water partition coefficient (Wildman–Crippen LogP) is 5.13. The van der Waals surface area contributed by atoms with E-state index in [9.17, 15) is 0 Å². The molecular formula is C16H28S. The van der Waals surface area contributed by atoms with E-state index in [-0.39, 0.29) is 5.41 Å². The van der Waals surface area contributed by atoms with Gasteiger partial charge in [0.1, 0.15) is 0 Å². The average molecular weight is 252 g/mol. The Bertz CT molecular complexity index is 291. The smallest absolute Gasteiger partial charge is 0.00637 e. The molecular weight excluding hydrogens is 224 g/mol. The quantitative estimate of drug-likeness (QED) is 0.659. The van der Waals surface area contributed by atoms with Crippen molar-refractivity contribution in [2.75, 3.05) is 5.75 Å². The highest BCUT2D eigenvalue weighted by atomic mass is 32.1. The molecule has 0 bridgehead atoms. The molecule has 0 aliphatic heterocycles. The van der Waals surface area contributed by atoms with Crippen LogP contribution in [0, 0.1) is 23.2 Å². The zero-order valence-electron chi connectivity index (χ0n) is 12.0. The van der Waals surface area contributed by atoms with Gasteiger partial charge >= 0.3 is 0 Å². The molecule has 0 saturated carbocycles. The van der Waals surface area contributed by atoms with Crippen molar-refractivity contribution in [1.29, 1.82) is 0 Å². The van der Waals surface area contributed by atoms with Crippen LogP contribution in [0.15, 0.2) is 23.8 Å². The van der Waals surface area contributed by atoms with E-state index in [0.29, 0.717) is 5.92 Å². The van der Waals surface area contributed by atoms with Crippen LogP contribution in [0.2, 0.25) is 0 Å². The fraction of sp³-hybridized carbons (Fsp3) is 0.750. The molecule has 2 unspecified atom stereocenters. The SMILES string of the molecule is CC(C)CC(CS)C1C=CC(C(C)(C)C)=CC1. The largest absolute Gasteiger partial charge is 0.179 e. The van der Waals surface area contributed by atoms with Gasteiger partial charge in [0.2, 0.25) is 0 Å². The first-order chi connectivity index (χ1) is 7.84. The van der Waals surface area contributed by atoms with Crippen LogP contribution in [0.3, 0.4) is 0 Å². The second-order valence-corrected chi connectivity index (χ2v) is 7.11. The van der Waals surface area contributed by atoms with Crippen molar-refractivity contribution in [2.45, 2.75) is 47.5 Å². The van der Waals surface area contributed by atoms with Gasteiger partial charge in [0.25, 0.3) is 0 Å². The maximum absolute atomic E-state index is 4.53. The van der Waals surface area contributed by atoms with E-state index in [4.69, 9.17) is 0 Å². The van der Waals surface area contributed by atoms with E-state index in [1.54, 1.807) is 0 Å². The van der Waals surface area contributed by atoms with E-state index in [2.05, 4.69) is 65.5 Å². The molecule has 0 saturated heterocycles. The summed E-state index contributed by atoms with van der Waals surface area (Å²) in [5.74, 6) is 3.20. The Balaban J connectivity index is 2.62. The molecule has 0 heterocycles. The third-order valence-electron chi connectivity index (χ3n) is 3.61. The molecule has 98 valence electrons. The second kappa shape index (κ2) is 6.13. The van der Waals surface area contributed by atoms with Gasteiger partial charge in [-0.15, -0.1) is 0 Å². The van der Waals surface area contributed by atoms with Crippen LogP contribution >= 0.6 is 12.6 Å². The van der Waals surface area contributed by atoms with Crippen molar-refractivity contribution < 1.29 is 0 Å². The zero-order chi connectivity index (χ0) is 13.1. The van der Waals surface area contributed by atoms with Crippen LogP contribution in [0.4, 0.5) is 0 Å². The van der Waals surface area contributed by atoms with Gasteiger partial charge in [-0.05, 0) is 47.3 Å². The lowest BCUT2D eigenvalue weighted by atomic mass is 9.77. The van der Waals surface area contributed by atoms with Gasteiger partial charge in [0.15, 0.2) is 0 Å². The van der Waals surface area contributed by atoms with Gasteiger partial charge in [-0.1, -0.05) is 52.8 Å². The molecule has 2 atom stereocenters. The van der Waals surface area contributed by atoms with Gasteiger partial charge in [-0.3, -0.25) is 0 Å². The molecule has 0 fully saturated rings. The number of hydrogen-bond donors (Lipinski definition) is 1. The fourth-order valence-corrected chi connectivity index (χ4v) is 2.95. The minimum absolute atomic E-state index is 0.288. The highest BCUT2D eigenvalue weighted by molar-refractivity contribution is 7.80. The topological polar surface area (TPSA) is 0 Å². The summed E-state index contributed by atoms with van der Waals surface area (Å²) in [4.78, 5) is 0. The molecule has 0 nitrogen and oxygen atoms in total. The number of rotatable bonds is 4. The van der Waals surface area contributed by atoms with E-state index < -0.39 is 0 Å².